The number of hydrogen-bond acceptors (Lipinski definition) is 6. The number of nitrogens with zero attached hydrogens (tertiary/aromatic N) is 1. The van der Waals surface area contributed by atoms with Gasteiger partial charge in [0.15, 0.2) is 0 Å². The van der Waals surface area contributed by atoms with E-state index in [4.69, 9.17) is 14.2 Å². The summed E-state index contributed by atoms with van der Waals surface area (Å²) in [6, 6.07) is 16.2. The maximum absolute atomic E-state index is 12.3. The van der Waals surface area contributed by atoms with Crippen LogP contribution in [0.2, 0.25) is 0 Å². The van der Waals surface area contributed by atoms with Gasteiger partial charge in [-0.25, -0.2) is 4.98 Å². The minimum absolute atomic E-state index is 0.0342. The molecule has 0 saturated carbocycles. The van der Waals surface area contributed by atoms with E-state index < -0.39 is 11.9 Å². The molecule has 3 aromatic rings. The number of benzene rings is 2. The van der Waals surface area contributed by atoms with Crippen LogP contribution in [0.4, 0.5) is 0 Å². The Hall–Kier alpha value is -3.61. The highest BCUT2D eigenvalue weighted by Crippen LogP contribution is 2.22. The van der Waals surface area contributed by atoms with Gasteiger partial charge in [-0.3, -0.25) is 9.59 Å². The van der Waals surface area contributed by atoms with Crippen molar-refractivity contribution in [3.8, 4) is 11.5 Å². The van der Waals surface area contributed by atoms with Crippen LogP contribution in [0.5, 0.6) is 11.5 Å². The summed E-state index contributed by atoms with van der Waals surface area (Å²) in [7, 11) is 2.99. The molecular weight excluding hydrogens is 360 g/mol. The van der Waals surface area contributed by atoms with E-state index in [1.807, 2.05) is 30.3 Å². The number of rotatable bonds is 7. The standard InChI is InChI=1S/C21H20N2O5/c1-26-17-9-15(10-18(11-17)27-2)21(25)22-12-20(24)28-13-16-8-7-14-5-3-4-6-19(14)23-16/h3-11H,12-13H2,1-2H3,(H,22,25). The van der Waals surface area contributed by atoms with Gasteiger partial charge >= 0.3 is 5.97 Å². The SMILES string of the molecule is COc1cc(OC)cc(C(=O)NCC(=O)OCc2ccc3ccccc3n2)c1. The molecule has 2 aromatic carbocycles. The second-order valence-corrected chi connectivity index (χ2v) is 5.94. The van der Waals surface area contributed by atoms with Gasteiger partial charge in [-0.2, -0.15) is 0 Å². The van der Waals surface area contributed by atoms with Gasteiger partial charge in [0, 0.05) is 17.0 Å². The van der Waals surface area contributed by atoms with E-state index in [9.17, 15) is 9.59 Å². The number of hydrogen-bond donors (Lipinski definition) is 1. The number of methoxy groups -OCH3 is 2. The minimum atomic E-state index is -0.557. The van der Waals surface area contributed by atoms with Crippen LogP contribution in [0.25, 0.3) is 10.9 Å². The zero-order valence-electron chi connectivity index (χ0n) is 15.6. The highest BCUT2D eigenvalue weighted by atomic mass is 16.5. The molecule has 0 aliphatic rings. The third-order valence-electron chi connectivity index (χ3n) is 4.04. The molecule has 144 valence electrons. The number of carbonyl (C=O) groups is 2. The molecule has 1 aromatic heterocycles. The molecule has 0 aliphatic carbocycles. The third kappa shape index (κ3) is 4.76. The lowest BCUT2D eigenvalue weighted by atomic mass is 10.2. The second-order valence-electron chi connectivity index (χ2n) is 5.94. The largest absolute Gasteiger partial charge is 0.497 e. The Bertz CT molecular complexity index is 981. The van der Waals surface area contributed by atoms with E-state index in [1.54, 1.807) is 24.3 Å². The molecule has 0 bridgehead atoms. The molecule has 0 saturated heterocycles. The number of fused-ring (bicyclic) bond motifs is 1. The molecule has 0 unspecified atom stereocenters. The van der Waals surface area contributed by atoms with Gasteiger partial charge in [0.05, 0.1) is 25.4 Å². The van der Waals surface area contributed by atoms with Crippen LogP contribution in [-0.2, 0) is 16.1 Å². The maximum atomic E-state index is 12.3. The molecule has 28 heavy (non-hydrogen) atoms. The minimum Gasteiger partial charge on any atom is -0.497 e. The monoisotopic (exact) mass is 380 g/mol. The van der Waals surface area contributed by atoms with E-state index in [-0.39, 0.29) is 13.2 Å². The first-order valence-corrected chi connectivity index (χ1v) is 8.60. The van der Waals surface area contributed by atoms with Gasteiger partial charge in [-0.15, -0.1) is 0 Å². The van der Waals surface area contributed by atoms with Gasteiger partial charge < -0.3 is 19.5 Å². The Morgan fingerprint density at radius 3 is 2.39 bits per heavy atom. The van der Waals surface area contributed by atoms with Crippen LogP contribution >= 0.6 is 0 Å². The van der Waals surface area contributed by atoms with Crippen LogP contribution in [0.3, 0.4) is 0 Å². The normalized spacial score (nSPS) is 10.4. The van der Waals surface area contributed by atoms with E-state index in [2.05, 4.69) is 10.3 Å². The molecule has 7 heteroatoms. The fraction of sp³-hybridized carbons (Fsp3) is 0.190. The second kappa shape index (κ2) is 8.85. The van der Waals surface area contributed by atoms with E-state index >= 15 is 0 Å². The van der Waals surface area contributed by atoms with Crippen molar-refractivity contribution in [3.05, 3.63) is 65.9 Å². The summed E-state index contributed by atoms with van der Waals surface area (Å²) in [6.07, 6.45) is 0. The van der Waals surface area contributed by atoms with Crippen molar-refractivity contribution in [1.82, 2.24) is 10.3 Å². The number of pyridine rings is 1. The number of carbonyl (C=O) groups excluding carboxylic acids is 2. The molecule has 1 N–H and O–H groups in total. The summed E-state index contributed by atoms with van der Waals surface area (Å²) in [6.45, 7) is -0.224. The van der Waals surface area contributed by atoms with Crippen molar-refractivity contribution in [2.24, 2.45) is 0 Å². The maximum Gasteiger partial charge on any atom is 0.325 e. The van der Waals surface area contributed by atoms with Gasteiger partial charge in [0.2, 0.25) is 0 Å². The lowest BCUT2D eigenvalue weighted by molar-refractivity contribution is -0.143. The average molecular weight is 380 g/mol. The molecule has 1 heterocycles. The van der Waals surface area contributed by atoms with E-state index in [0.717, 1.165) is 10.9 Å². The zero-order valence-corrected chi connectivity index (χ0v) is 15.6. The van der Waals surface area contributed by atoms with Gasteiger partial charge in [0.1, 0.15) is 24.7 Å². The van der Waals surface area contributed by atoms with Crippen molar-refractivity contribution in [1.29, 1.82) is 0 Å². The Balaban J connectivity index is 1.54. The van der Waals surface area contributed by atoms with Crippen LogP contribution in [0, 0.1) is 0 Å². The number of amides is 1. The summed E-state index contributed by atoms with van der Waals surface area (Å²) >= 11 is 0. The molecule has 0 fully saturated rings. The van der Waals surface area contributed by atoms with E-state index in [0.29, 0.717) is 22.8 Å². The highest BCUT2D eigenvalue weighted by Gasteiger charge is 2.12. The fourth-order valence-electron chi connectivity index (χ4n) is 2.59. The lowest BCUT2D eigenvalue weighted by Gasteiger charge is -2.09. The Labute approximate surface area is 162 Å². The first kappa shape index (κ1) is 19.2. The van der Waals surface area contributed by atoms with Gasteiger partial charge in [-0.1, -0.05) is 24.3 Å². The summed E-state index contributed by atoms with van der Waals surface area (Å²) in [4.78, 5) is 28.6. The molecule has 0 spiro atoms. The summed E-state index contributed by atoms with van der Waals surface area (Å²) in [5, 5.41) is 3.53. The molecule has 3 rings (SSSR count). The Morgan fingerprint density at radius 2 is 1.68 bits per heavy atom. The molecule has 0 atom stereocenters. The van der Waals surface area contributed by atoms with E-state index in [1.165, 1.54) is 14.2 Å². The van der Waals surface area contributed by atoms with Crippen LogP contribution in [-0.4, -0.2) is 37.6 Å². The Morgan fingerprint density at radius 1 is 0.964 bits per heavy atom. The molecule has 7 nitrogen and oxygen atoms in total. The van der Waals surface area contributed by atoms with Crippen LogP contribution < -0.4 is 14.8 Å². The molecule has 0 aliphatic heterocycles. The predicted molar refractivity (Wildman–Crippen MR) is 103 cm³/mol. The summed E-state index contributed by atoms with van der Waals surface area (Å²) in [5.74, 6) is -0.0277. The molecule has 0 radical (unpaired) electrons. The van der Waals surface area contributed by atoms with Crippen molar-refractivity contribution >= 4 is 22.8 Å². The number of para-hydroxylation sites is 1. The zero-order chi connectivity index (χ0) is 19.9. The lowest BCUT2D eigenvalue weighted by Crippen LogP contribution is -2.30. The van der Waals surface area contributed by atoms with Gasteiger partial charge in [0.25, 0.3) is 5.91 Å². The number of nitrogens with one attached hydrogen (secondary N) is 1. The summed E-state index contributed by atoms with van der Waals surface area (Å²) in [5.41, 5.74) is 1.78. The topological polar surface area (TPSA) is 86.8 Å². The third-order valence-corrected chi connectivity index (χ3v) is 4.04. The van der Waals surface area contributed by atoms with Crippen LogP contribution in [0.15, 0.2) is 54.6 Å². The highest BCUT2D eigenvalue weighted by molar-refractivity contribution is 5.96. The first-order valence-electron chi connectivity index (χ1n) is 8.60. The average Bonchev–Trinajstić information content (AvgIpc) is 2.75. The number of aromatic nitrogens is 1. The number of esters is 1. The fourth-order valence-corrected chi connectivity index (χ4v) is 2.59. The predicted octanol–water partition coefficient (Wildman–Crippen LogP) is 2.73. The summed E-state index contributed by atoms with van der Waals surface area (Å²) < 4.78 is 15.5. The number of ether oxygens (including phenoxy) is 3. The van der Waals surface area contributed by atoms with Crippen molar-refractivity contribution < 1.29 is 23.8 Å². The van der Waals surface area contributed by atoms with Crippen molar-refractivity contribution in [2.45, 2.75) is 6.61 Å². The van der Waals surface area contributed by atoms with Crippen molar-refractivity contribution in [3.63, 3.8) is 0 Å². The Kier molecular flexibility index (Phi) is 6.06. The smallest absolute Gasteiger partial charge is 0.325 e. The van der Waals surface area contributed by atoms with Crippen LogP contribution in [0.1, 0.15) is 16.1 Å². The van der Waals surface area contributed by atoms with Crippen molar-refractivity contribution in [2.75, 3.05) is 20.8 Å². The first-order chi connectivity index (χ1) is 13.6. The molecular formula is C21H20N2O5. The molecule has 1 amide bonds. The van der Waals surface area contributed by atoms with Gasteiger partial charge in [-0.05, 0) is 24.3 Å². The quantitative estimate of drug-likeness (QED) is 0.634.